The number of aliphatic hydroxyl groups is 1. The van der Waals surface area contributed by atoms with Gasteiger partial charge in [-0.3, -0.25) is 0 Å². The van der Waals surface area contributed by atoms with E-state index in [-0.39, 0.29) is 5.41 Å². The van der Waals surface area contributed by atoms with Crippen LogP contribution in [0.1, 0.15) is 70.4 Å². The van der Waals surface area contributed by atoms with Gasteiger partial charge in [0.15, 0.2) is 0 Å². The molecule has 0 bridgehead atoms. The van der Waals surface area contributed by atoms with E-state index < -0.39 is 5.60 Å². The number of rotatable bonds is 3. The highest BCUT2D eigenvalue weighted by Gasteiger charge is 2.39. The standard InChI is InChI=1S/C24H40N2O/c1-23(2,3)20-10-12-21(13-11-20)24(27)14-8-6-5-7-9-22(24)19-26-17-15-25(4)16-18-26/h10-13,22,27H,5-9,14-19H2,1-4H3. The van der Waals surface area contributed by atoms with Gasteiger partial charge in [-0.15, -0.1) is 0 Å². The first-order valence-electron chi connectivity index (χ1n) is 11.0. The van der Waals surface area contributed by atoms with E-state index >= 15 is 0 Å². The molecular weight excluding hydrogens is 332 g/mol. The summed E-state index contributed by atoms with van der Waals surface area (Å²) in [6, 6.07) is 8.89. The van der Waals surface area contributed by atoms with E-state index in [1.807, 2.05) is 0 Å². The second kappa shape index (κ2) is 8.63. The van der Waals surface area contributed by atoms with Crippen LogP contribution in [0.4, 0.5) is 0 Å². The largest absolute Gasteiger partial charge is 0.385 e. The summed E-state index contributed by atoms with van der Waals surface area (Å²) >= 11 is 0. The van der Waals surface area contributed by atoms with Crippen LogP contribution >= 0.6 is 0 Å². The molecule has 1 aromatic rings. The molecule has 1 saturated heterocycles. The maximum absolute atomic E-state index is 11.9. The van der Waals surface area contributed by atoms with E-state index in [0.29, 0.717) is 5.92 Å². The summed E-state index contributed by atoms with van der Waals surface area (Å²) < 4.78 is 0. The molecule has 1 N–H and O–H groups in total. The summed E-state index contributed by atoms with van der Waals surface area (Å²) in [5.41, 5.74) is 1.95. The van der Waals surface area contributed by atoms with Gasteiger partial charge in [-0.2, -0.15) is 0 Å². The lowest BCUT2D eigenvalue weighted by Crippen LogP contribution is -2.49. The van der Waals surface area contributed by atoms with Crippen molar-refractivity contribution >= 4 is 0 Å². The highest BCUT2D eigenvalue weighted by Crippen LogP contribution is 2.41. The van der Waals surface area contributed by atoms with Gasteiger partial charge >= 0.3 is 0 Å². The van der Waals surface area contributed by atoms with Crippen LogP contribution in [-0.2, 0) is 11.0 Å². The predicted octanol–water partition coefficient (Wildman–Crippen LogP) is 4.39. The number of nitrogens with zero attached hydrogens (tertiary/aromatic N) is 2. The molecule has 1 saturated carbocycles. The number of likely N-dealkylation sites (N-methyl/N-ethyl adjacent to an activating group) is 1. The lowest BCUT2D eigenvalue weighted by molar-refractivity contribution is -0.0574. The first kappa shape index (κ1) is 20.8. The lowest BCUT2D eigenvalue weighted by atomic mass is 9.72. The summed E-state index contributed by atoms with van der Waals surface area (Å²) in [5.74, 6) is 0.335. The van der Waals surface area contributed by atoms with Crippen molar-refractivity contribution in [3.05, 3.63) is 35.4 Å². The van der Waals surface area contributed by atoms with E-state index in [4.69, 9.17) is 0 Å². The molecule has 2 unspecified atom stereocenters. The Morgan fingerprint density at radius 3 is 2.22 bits per heavy atom. The van der Waals surface area contributed by atoms with E-state index in [1.165, 1.54) is 24.8 Å². The molecule has 152 valence electrons. The molecule has 2 aliphatic rings. The second-order valence-electron chi connectivity index (χ2n) is 10.0. The lowest BCUT2D eigenvalue weighted by Gasteiger charge is -2.43. The molecule has 1 aliphatic heterocycles. The Labute approximate surface area is 166 Å². The molecule has 3 rings (SSSR count). The summed E-state index contributed by atoms with van der Waals surface area (Å²) in [4.78, 5) is 4.99. The van der Waals surface area contributed by atoms with Crippen LogP contribution in [0.15, 0.2) is 24.3 Å². The normalized spacial score (nSPS) is 29.3. The highest BCUT2D eigenvalue weighted by molar-refractivity contribution is 5.31. The number of hydrogen-bond acceptors (Lipinski definition) is 3. The van der Waals surface area contributed by atoms with Gasteiger partial charge in [-0.05, 0) is 36.4 Å². The quantitative estimate of drug-likeness (QED) is 0.852. The zero-order valence-corrected chi connectivity index (χ0v) is 18.0. The van der Waals surface area contributed by atoms with Gasteiger partial charge in [0.2, 0.25) is 0 Å². The summed E-state index contributed by atoms with van der Waals surface area (Å²) in [6.45, 7) is 12.3. The Morgan fingerprint density at radius 1 is 0.963 bits per heavy atom. The van der Waals surface area contributed by atoms with Crippen molar-refractivity contribution in [2.45, 2.75) is 70.3 Å². The third kappa shape index (κ3) is 5.13. The van der Waals surface area contributed by atoms with Gasteiger partial charge in [0.05, 0.1) is 5.60 Å². The highest BCUT2D eigenvalue weighted by atomic mass is 16.3. The minimum atomic E-state index is -0.680. The van der Waals surface area contributed by atoms with Gasteiger partial charge in [-0.1, -0.05) is 70.7 Å². The molecule has 2 atom stereocenters. The van der Waals surface area contributed by atoms with Gasteiger partial charge < -0.3 is 14.9 Å². The molecular formula is C24H40N2O. The Hall–Kier alpha value is -0.900. The zero-order valence-electron chi connectivity index (χ0n) is 18.0. The minimum absolute atomic E-state index is 0.154. The van der Waals surface area contributed by atoms with E-state index in [1.54, 1.807) is 0 Å². The number of hydrogen-bond donors (Lipinski definition) is 1. The molecule has 1 heterocycles. The van der Waals surface area contributed by atoms with Gasteiger partial charge in [-0.25, -0.2) is 0 Å². The third-order valence-corrected chi connectivity index (χ3v) is 6.86. The topological polar surface area (TPSA) is 26.7 Å². The number of piperazine rings is 1. The molecule has 0 radical (unpaired) electrons. The van der Waals surface area contributed by atoms with Crippen molar-refractivity contribution in [3.63, 3.8) is 0 Å². The van der Waals surface area contributed by atoms with Crippen molar-refractivity contribution < 1.29 is 5.11 Å². The maximum Gasteiger partial charge on any atom is 0.0936 e. The average Bonchev–Trinajstić information content (AvgIpc) is 2.62. The van der Waals surface area contributed by atoms with Crippen LogP contribution in [0.2, 0.25) is 0 Å². The van der Waals surface area contributed by atoms with Gasteiger partial charge in [0, 0.05) is 38.6 Å². The van der Waals surface area contributed by atoms with Crippen LogP contribution in [0.25, 0.3) is 0 Å². The smallest absolute Gasteiger partial charge is 0.0936 e. The second-order valence-corrected chi connectivity index (χ2v) is 10.0. The summed E-state index contributed by atoms with van der Waals surface area (Å²) in [5, 5.41) is 11.9. The SMILES string of the molecule is CN1CCN(CC2CCCCCCC2(O)c2ccc(C(C)(C)C)cc2)CC1. The summed E-state index contributed by atoms with van der Waals surface area (Å²) in [6.07, 6.45) is 7.00. The van der Waals surface area contributed by atoms with E-state index in [0.717, 1.165) is 57.5 Å². The van der Waals surface area contributed by atoms with Crippen LogP contribution in [-0.4, -0.2) is 54.7 Å². The van der Waals surface area contributed by atoms with Crippen molar-refractivity contribution in [2.75, 3.05) is 39.8 Å². The zero-order chi connectivity index (χ0) is 19.5. The Bertz CT molecular complexity index is 583. The maximum atomic E-state index is 11.9. The van der Waals surface area contributed by atoms with E-state index in [9.17, 15) is 5.11 Å². The Balaban J connectivity index is 1.81. The van der Waals surface area contributed by atoms with Crippen molar-refractivity contribution in [1.29, 1.82) is 0 Å². The fraction of sp³-hybridized carbons (Fsp3) is 0.750. The minimum Gasteiger partial charge on any atom is -0.385 e. The fourth-order valence-electron chi connectivity index (χ4n) is 4.81. The van der Waals surface area contributed by atoms with Gasteiger partial charge in [0.1, 0.15) is 0 Å². The molecule has 3 heteroatoms. The molecule has 1 aliphatic carbocycles. The van der Waals surface area contributed by atoms with Crippen molar-refractivity contribution in [2.24, 2.45) is 5.92 Å². The molecule has 1 aromatic carbocycles. The van der Waals surface area contributed by atoms with Crippen LogP contribution in [0, 0.1) is 5.92 Å². The fourth-order valence-corrected chi connectivity index (χ4v) is 4.81. The molecule has 2 fully saturated rings. The molecule has 0 amide bonds. The van der Waals surface area contributed by atoms with Crippen LogP contribution in [0.5, 0.6) is 0 Å². The number of benzene rings is 1. The molecule has 0 spiro atoms. The first-order valence-corrected chi connectivity index (χ1v) is 11.0. The molecule has 0 aromatic heterocycles. The molecule has 27 heavy (non-hydrogen) atoms. The first-order chi connectivity index (χ1) is 12.8. The molecule has 3 nitrogen and oxygen atoms in total. The summed E-state index contributed by atoms with van der Waals surface area (Å²) in [7, 11) is 2.21. The Kier molecular flexibility index (Phi) is 6.66. The van der Waals surface area contributed by atoms with Crippen molar-refractivity contribution in [3.8, 4) is 0 Å². The van der Waals surface area contributed by atoms with Gasteiger partial charge in [0.25, 0.3) is 0 Å². The average molecular weight is 373 g/mol. The van der Waals surface area contributed by atoms with Crippen LogP contribution in [0.3, 0.4) is 0 Å². The van der Waals surface area contributed by atoms with Crippen molar-refractivity contribution in [1.82, 2.24) is 9.80 Å². The third-order valence-electron chi connectivity index (χ3n) is 6.86. The Morgan fingerprint density at radius 2 is 1.59 bits per heavy atom. The van der Waals surface area contributed by atoms with Crippen LogP contribution < -0.4 is 0 Å². The predicted molar refractivity (Wildman–Crippen MR) is 114 cm³/mol. The van der Waals surface area contributed by atoms with E-state index in [2.05, 4.69) is 61.9 Å². The monoisotopic (exact) mass is 372 g/mol.